The van der Waals surface area contributed by atoms with E-state index in [0.29, 0.717) is 13.0 Å². The summed E-state index contributed by atoms with van der Waals surface area (Å²) in [6.07, 6.45) is 5.49. The second-order valence-electron chi connectivity index (χ2n) is 9.57. The van der Waals surface area contributed by atoms with Gasteiger partial charge in [0.1, 0.15) is 5.75 Å². The smallest absolute Gasteiger partial charge is 0.230 e. The lowest BCUT2D eigenvalue weighted by Gasteiger charge is -2.44. The number of methoxy groups -OCH3 is 1. The van der Waals surface area contributed by atoms with Crippen LogP contribution < -0.4 is 4.74 Å². The minimum Gasteiger partial charge on any atom is -0.497 e. The molecule has 1 saturated heterocycles. The van der Waals surface area contributed by atoms with Crippen LogP contribution in [0, 0.1) is 11.3 Å². The Labute approximate surface area is 191 Å². The first-order valence-corrected chi connectivity index (χ1v) is 11.7. The minimum atomic E-state index is -0.553. The van der Waals surface area contributed by atoms with E-state index in [0.717, 1.165) is 61.1 Å². The molecule has 1 aliphatic carbocycles. The second kappa shape index (κ2) is 9.35. The first kappa shape index (κ1) is 22.4. The number of ether oxygens (including phenoxy) is 1. The second-order valence-corrected chi connectivity index (χ2v) is 9.57. The van der Waals surface area contributed by atoms with Crippen molar-refractivity contribution in [3.8, 4) is 16.9 Å². The summed E-state index contributed by atoms with van der Waals surface area (Å²) in [5.74, 6) is 1.39. The van der Waals surface area contributed by atoms with Crippen molar-refractivity contribution in [2.75, 3.05) is 34.3 Å². The molecule has 5 nitrogen and oxygen atoms in total. The maximum atomic E-state index is 13.4. The Bertz CT molecular complexity index is 948. The van der Waals surface area contributed by atoms with Crippen LogP contribution in [0.4, 0.5) is 0 Å². The number of likely N-dealkylation sites (tertiary alicyclic amines) is 1. The Hall–Kier alpha value is -2.82. The molecule has 170 valence electrons. The van der Waals surface area contributed by atoms with Gasteiger partial charge < -0.3 is 14.5 Å². The Morgan fingerprint density at radius 1 is 1.00 bits per heavy atom. The van der Waals surface area contributed by atoms with Gasteiger partial charge in [-0.2, -0.15) is 0 Å². The van der Waals surface area contributed by atoms with Gasteiger partial charge in [-0.1, -0.05) is 42.8 Å². The molecule has 2 fully saturated rings. The maximum absolute atomic E-state index is 13.4. The predicted octanol–water partition coefficient (Wildman–Crippen LogP) is 4.40. The number of amides is 2. The fourth-order valence-electron chi connectivity index (χ4n) is 5.09. The Morgan fingerprint density at radius 3 is 2.16 bits per heavy atom. The molecule has 2 aromatic rings. The Balaban J connectivity index is 1.54. The summed E-state index contributed by atoms with van der Waals surface area (Å²) in [5, 5.41) is 0. The molecule has 2 aliphatic rings. The zero-order valence-electron chi connectivity index (χ0n) is 19.5. The van der Waals surface area contributed by atoms with Gasteiger partial charge in [0.15, 0.2) is 0 Å². The summed E-state index contributed by atoms with van der Waals surface area (Å²) in [7, 11) is 5.31. The third-order valence-electron chi connectivity index (χ3n) is 7.12. The lowest BCUT2D eigenvalue weighted by atomic mass is 9.73. The molecule has 32 heavy (non-hydrogen) atoms. The standard InChI is InChI=1S/C27H34N2O3/c1-28(2)26(31)27(16-5-17-29(19-27)25(30)23-6-4-7-23)18-20-8-10-21(11-9-20)22-12-14-24(32-3)15-13-22/h8-15,23H,4-7,16-19H2,1-3H3. The van der Waals surface area contributed by atoms with E-state index in [1.165, 1.54) is 0 Å². The van der Waals surface area contributed by atoms with E-state index in [1.807, 2.05) is 31.1 Å². The van der Waals surface area contributed by atoms with Crippen LogP contribution in [0.25, 0.3) is 11.1 Å². The number of rotatable bonds is 6. The zero-order chi connectivity index (χ0) is 22.7. The molecule has 4 rings (SSSR count). The molecule has 1 atom stereocenters. The summed E-state index contributed by atoms with van der Waals surface area (Å²) in [6, 6.07) is 16.5. The maximum Gasteiger partial charge on any atom is 0.230 e. The van der Waals surface area contributed by atoms with E-state index < -0.39 is 5.41 Å². The number of nitrogens with zero attached hydrogens (tertiary/aromatic N) is 2. The van der Waals surface area contributed by atoms with E-state index >= 15 is 0 Å². The number of piperidine rings is 1. The lowest BCUT2D eigenvalue weighted by Crippen LogP contribution is -2.55. The highest BCUT2D eigenvalue weighted by molar-refractivity contribution is 5.85. The van der Waals surface area contributed by atoms with Gasteiger partial charge in [-0.25, -0.2) is 0 Å². The van der Waals surface area contributed by atoms with Gasteiger partial charge >= 0.3 is 0 Å². The highest BCUT2D eigenvalue weighted by atomic mass is 16.5. The first-order valence-electron chi connectivity index (χ1n) is 11.7. The molecule has 2 amide bonds. The topological polar surface area (TPSA) is 49.9 Å². The van der Waals surface area contributed by atoms with Crippen molar-refractivity contribution in [3.05, 3.63) is 54.1 Å². The first-order chi connectivity index (χ1) is 15.4. The summed E-state index contributed by atoms with van der Waals surface area (Å²) in [4.78, 5) is 30.0. The largest absolute Gasteiger partial charge is 0.497 e. The van der Waals surface area contributed by atoms with Crippen molar-refractivity contribution in [3.63, 3.8) is 0 Å². The molecule has 1 unspecified atom stereocenters. The Morgan fingerprint density at radius 2 is 1.62 bits per heavy atom. The average Bonchev–Trinajstić information content (AvgIpc) is 2.78. The molecule has 0 N–H and O–H groups in total. The molecule has 1 heterocycles. The fourth-order valence-corrected chi connectivity index (χ4v) is 5.09. The van der Waals surface area contributed by atoms with Crippen LogP contribution >= 0.6 is 0 Å². The van der Waals surface area contributed by atoms with Gasteiger partial charge in [0.05, 0.1) is 12.5 Å². The molecule has 0 radical (unpaired) electrons. The van der Waals surface area contributed by atoms with Crippen molar-refractivity contribution in [2.45, 2.75) is 38.5 Å². The van der Waals surface area contributed by atoms with E-state index in [-0.39, 0.29) is 17.7 Å². The Kier molecular flexibility index (Phi) is 6.54. The van der Waals surface area contributed by atoms with Crippen LogP contribution in [0.3, 0.4) is 0 Å². The van der Waals surface area contributed by atoms with Crippen molar-refractivity contribution in [1.82, 2.24) is 9.80 Å². The highest BCUT2D eigenvalue weighted by Gasteiger charge is 2.45. The fraction of sp³-hybridized carbons (Fsp3) is 0.481. The number of benzene rings is 2. The molecule has 0 bridgehead atoms. The van der Waals surface area contributed by atoms with Crippen molar-refractivity contribution in [2.24, 2.45) is 11.3 Å². The van der Waals surface area contributed by atoms with Gasteiger partial charge in [-0.15, -0.1) is 0 Å². The van der Waals surface area contributed by atoms with Crippen LogP contribution in [0.1, 0.15) is 37.7 Å². The van der Waals surface area contributed by atoms with Crippen LogP contribution in [0.2, 0.25) is 0 Å². The molecular weight excluding hydrogens is 400 g/mol. The van der Waals surface area contributed by atoms with Crippen LogP contribution in [0.5, 0.6) is 5.75 Å². The molecule has 1 aliphatic heterocycles. The van der Waals surface area contributed by atoms with Crippen LogP contribution in [-0.2, 0) is 16.0 Å². The third kappa shape index (κ3) is 4.52. The molecular formula is C27H34N2O3. The van der Waals surface area contributed by atoms with Crippen molar-refractivity contribution >= 4 is 11.8 Å². The molecule has 0 spiro atoms. The van der Waals surface area contributed by atoms with Crippen molar-refractivity contribution in [1.29, 1.82) is 0 Å². The van der Waals surface area contributed by atoms with Gasteiger partial charge in [0.2, 0.25) is 11.8 Å². The molecule has 0 aromatic heterocycles. The van der Waals surface area contributed by atoms with Gasteiger partial charge in [-0.3, -0.25) is 9.59 Å². The van der Waals surface area contributed by atoms with E-state index in [1.54, 1.807) is 12.0 Å². The zero-order valence-corrected chi connectivity index (χ0v) is 19.5. The van der Waals surface area contributed by atoms with Crippen LogP contribution in [0.15, 0.2) is 48.5 Å². The van der Waals surface area contributed by atoms with E-state index in [4.69, 9.17) is 4.74 Å². The monoisotopic (exact) mass is 434 g/mol. The molecule has 5 heteroatoms. The lowest BCUT2D eigenvalue weighted by molar-refractivity contribution is -0.150. The average molecular weight is 435 g/mol. The summed E-state index contributed by atoms with van der Waals surface area (Å²) >= 11 is 0. The summed E-state index contributed by atoms with van der Waals surface area (Å²) in [6.45, 7) is 1.30. The normalized spacial score (nSPS) is 21.0. The summed E-state index contributed by atoms with van der Waals surface area (Å²) in [5.41, 5.74) is 2.85. The van der Waals surface area contributed by atoms with E-state index in [9.17, 15) is 9.59 Å². The molecule has 2 aromatic carbocycles. The third-order valence-corrected chi connectivity index (χ3v) is 7.12. The number of hydrogen-bond donors (Lipinski definition) is 0. The van der Waals surface area contributed by atoms with Gasteiger partial charge in [-0.05, 0) is 60.9 Å². The van der Waals surface area contributed by atoms with Crippen molar-refractivity contribution < 1.29 is 14.3 Å². The predicted molar refractivity (Wildman–Crippen MR) is 126 cm³/mol. The minimum absolute atomic E-state index is 0.128. The van der Waals surface area contributed by atoms with Crippen LogP contribution in [-0.4, -0.2) is 55.9 Å². The molecule has 1 saturated carbocycles. The van der Waals surface area contributed by atoms with Gasteiger partial charge in [0, 0.05) is 33.1 Å². The summed E-state index contributed by atoms with van der Waals surface area (Å²) < 4.78 is 5.25. The number of carbonyl (C=O) groups excluding carboxylic acids is 2. The number of hydrogen-bond acceptors (Lipinski definition) is 3. The van der Waals surface area contributed by atoms with Gasteiger partial charge in [0.25, 0.3) is 0 Å². The number of carbonyl (C=O) groups is 2. The highest BCUT2D eigenvalue weighted by Crippen LogP contribution is 2.38. The van der Waals surface area contributed by atoms with E-state index in [2.05, 4.69) is 36.4 Å². The quantitative estimate of drug-likeness (QED) is 0.677. The SMILES string of the molecule is COc1ccc(-c2ccc(CC3(C(=O)N(C)C)CCCN(C(=O)C4CCC4)C3)cc2)cc1.